The van der Waals surface area contributed by atoms with E-state index >= 15 is 0 Å². The second-order valence-electron chi connectivity index (χ2n) is 7.83. The van der Waals surface area contributed by atoms with Crippen molar-refractivity contribution in [3.8, 4) is 0 Å². The molecule has 1 heterocycles. The Labute approximate surface area is 145 Å². The van der Waals surface area contributed by atoms with Crippen molar-refractivity contribution in [1.82, 2.24) is 0 Å². The number of allylic oxidation sites excluding steroid dienone is 1. The van der Waals surface area contributed by atoms with Crippen LogP contribution in [0.5, 0.6) is 0 Å². The number of esters is 1. The third kappa shape index (κ3) is 4.39. The monoisotopic (exact) mass is 340 g/mol. The Balaban J connectivity index is 1.87. The molecule has 0 spiro atoms. The predicted molar refractivity (Wildman–Crippen MR) is 92.0 cm³/mol. The lowest BCUT2D eigenvalue weighted by atomic mass is 9.76. The summed E-state index contributed by atoms with van der Waals surface area (Å²) in [5, 5.41) is 0. The molecule has 2 rings (SSSR count). The lowest BCUT2D eigenvalue weighted by molar-refractivity contribution is -0.143. The fourth-order valence-corrected chi connectivity index (χ4v) is 3.22. The molecule has 0 unspecified atom stereocenters. The molecular formula is C18H30BFO4. The smallest absolute Gasteiger partial charge is 0.466 e. The van der Waals surface area contributed by atoms with Crippen LogP contribution in [0.1, 0.15) is 73.1 Å². The van der Waals surface area contributed by atoms with Gasteiger partial charge in [0, 0.05) is 6.42 Å². The van der Waals surface area contributed by atoms with Gasteiger partial charge in [-0.2, -0.15) is 0 Å². The molecule has 6 heteroatoms. The molecule has 0 aromatic heterocycles. The van der Waals surface area contributed by atoms with Crippen LogP contribution < -0.4 is 0 Å². The van der Waals surface area contributed by atoms with Crippen molar-refractivity contribution in [1.29, 1.82) is 0 Å². The van der Waals surface area contributed by atoms with E-state index in [-0.39, 0.29) is 11.7 Å². The fourth-order valence-electron chi connectivity index (χ4n) is 3.22. The Morgan fingerprint density at radius 1 is 1.21 bits per heavy atom. The number of carbonyl (C=O) groups excluding carboxylic acids is 1. The van der Waals surface area contributed by atoms with Gasteiger partial charge in [-0.1, -0.05) is 0 Å². The number of hydrogen-bond donors (Lipinski definition) is 0. The Hall–Kier alpha value is -0.875. The SMILES string of the molecule is CCOC(=O)CCC1CCC(=C(F)B2OC(C)(C)C(C)(C)O2)CC1. The molecule has 0 atom stereocenters. The van der Waals surface area contributed by atoms with Crippen LogP contribution in [-0.2, 0) is 18.8 Å². The largest absolute Gasteiger partial charge is 0.525 e. The first kappa shape index (κ1) is 19.4. The van der Waals surface area contributed by atoms with E-state index in [1.54, 1.807) is 0 Å². The van der Waals surface area contributed by atoms with Gasteiger partial charge in [0.1, 0.15) is 5.73 Å². The van der Waals surface area contributed by atoms with Crippen LogP contribution in [0.25, 0.3) is 0 Å². The van der Waals surface area contributed by atoms with Crippen LogP contribution in [0.2, 0.25) is 0 Å². The second kappa shape index (κ2) is 7.57. The molecule has 136 valence electrons. The van der Waals surface area contributed by atoms with Gasteiger partial charge in [-0.3, -0.25) is 4.79 Å². The van der Waals surface area contributed by atoms with E-state index in [4.69, 9.17) is 14.0 Å². The summed E-state index contributed by atoms with van der Waals surface area (Å²) in [5.41, 5.74) is -0.489. The van der Waals surface area contributed by atoms with E-state index in [1.165, 1.54) is 0 Å². The molecule has 1 saturated carbocycles. The molecule has 2 fully saturated rings. The highest BCUT2D eigenvalue weighted by molar-refractivity contribution is 6.53. The molecule has 24 heavy (non-hydrogen) atoms. The van der Waals surface area contributed by atoms with Gasteiger partial charge >= 0.3 is 13.1 Å². The average molecular weight is 340 g/mol. The molecule has 0 aromatic carbocycles. The summed E-state index contributed by atoms with van der Waals surface area (Å²) >= 11 is 0. The van der Waals surface area contributed by atoms with Gasteiger partial charge in [0.15, 0.2) is 0 Å². The highest BCUT2D eigenvalue weighted by Crippen LogP contribution is 2.41. The van der Waals surface area contributed by atoms with Gasteiger partial charge in [-0.15, -0.1) is 0 Å². The molecule has 0 radical (unpaired) electrons. The zero-order valence-electron chi connectivity index (χ0n) is 15.6. The van der Waals surface area contributed by atoms with Crippen molar-refractivity contribution in [2.24, 2.45) is 5.92 Å². The molecule has 0 aromatic rings. The van der Waals surface area contributed by atoms with Crippen LogP contribution >= 0.6 is 0 Å². The third-order valence-corrected chi connectivity index (χ3v) is 5.57. The van der Waals surface area contributed by atoms with Gasteiger partial charge < -0.3 is 14.0 Å². The molecular weight excluding hydrogens is 310 g/mol. The zero-order chi connectivity index (χ0) is 18.0. The first-order valence-electron chi connectivity index (χ1n) is 9.05. The summed E-state index contributed by atoms with van der Waals surface area (Å²) in [6.07, 6.45) is 4.51. The number of hydrogen-bond acceptors (Lipinski definition) is 4. The van der Waals surface area contributed by atoms with E-state index in [2.05, 4.69) is 0 Å². The molecule has 4 nitrogen and oxygen atoms in total. The van der Waals surface area contributed by atoms with Gasteiger partial charge in [-0.05, 0) is 78.2 Å². The van der Waals surface area contributed by atoms with E-state index in [9.17, 15) is 9.18 Å². The third-order valence-electron chi connectivity index (χ3n) is 5.57. The van der Waals surface area contributed by atoms with E-state index in [0.717, 1.165) is 24.8 Å². The Bertz CT molecular complexity index is 475. The summed E-state index contributed by atoms with van der Waals surface area (Å²) in [6, 6.07) is 0. The standard InChI is InChI=1S/C18H30BFO4/c1-6-22-15(21)12-9-13-7-10-14(11-8-13)16(20)19-23-17(2,3)18(4,5)24-19/h13H,6-12H2,1-5H3. The van der Waals surface area contributed by atoms with Crippen LogP contribution in [0.4, 0.5) is 4.39 Å². The van der Waals surface area contributed by atoms with Crippen molar-refractivity contribution in [2.45, 2.75) is 84.3 Å². The van der Waals surface area contributed by atoms with Crippen molar-refractivity contribution in [2.75, 3.05) is 6.61 Å². The van der Waals surface area contributed by atoms with Crippen LogP contribution in [-0.4, -0.2) is 30.9 Å². The molecule has 1 saturated heterocycles. The topological polar surface area (TPSA) is 44.8 Å². The number of ether oxygens (including phenoxy) is 1. The highest BCUT2D eigenvalue weighted by Gasteiger charge is 2.53. The summed E-state index contributed by atoms with van der Waals surface area (Å²) < 4.78 is 31.3. The maximum atomic E-state index is 14.8. The molecule has 0 N–H and O–H groups in total. The predicted octanol–water partition coefficient (Wildman–Crippen LogP) is 4.37. The van der Waals surface area contributed by atoms with Gasteiger partial charge in [-0.25, -0.2) is 4.39 Å². The lowest BCUT2D eigenvalue weighted by Gasteiger charge is -2.32. The highest BCUT2D eigenvalue weighted by atomic mass is 19.1. The van der Waals surface area contributed by atoms with E-state index in [0.29, 0.717) is 31.8 Å². The van der Waals surface area contributed by atoms with Crippen LogP contribution in [0, 0.1) is 5.92 Å². The molecule has 1 aliphatic carbocycles. The first-order valence-corrected chi connectivity index (χ1v) is 9.05. The number of rotatable bonds is 5. The van der Waals surface area contributed by atoms with Gasteiger partial charge in [0.2, 0.25) is 0 Å². The number of carbonyl (C=O) groups is 1. The Morgan fingerprint density at radius 2 is 1.75 bits per heavy atom. The maximum Gasteiger partial charge on any atom is 0.525 e. The van der Waals surface area contributed by atoms with Gasteiger partial charge in [0.05, 0.1) is 17.8 Å². The minimum Gasteiger partial charge on any atom is -0.466 e. The minimum atomic E-state index is -0.888. The summed E-state index contributed by atoms with van der Waals surface area (Å²) in [7, 11) is -0.888. The normalized spacial score (nSPS) is 25.7. The zero-order valence-corrected chi connectivity index (χ0v) is 15.6. The lowest BCUT2D eigenvalue weighted by Crippen LogP contribution is -2.41. The summed E-state index contributed by atoms with van der Waals surface area (Å²) in [4.78, 5) is 11.4. The number of halogens is 1. The Morgan fingerprint density at radius 3 is 2.25 bits per heavy atom. The van der Waals surface area contributed by atoms with E-state index < -0.39 is 18.3 Å². The second-order valence-corrected chi connectivity index (χ2v) is 7.83. The quantitative estimate of drug-likeness (QED) is 0.550. The van der Waals surface area contributed by atoms with Crippen molar-refractivity contribution >= 4 is 13.1 Å². The molecule has 0 bridgehead atoms. The first-order chi connectivity index (χ1) is 11.2. The maximum absolute atomic E-state index is 14.8. The minimum absolute atomic E-state index is 0.137. The van der Waals surface area contributed by atoms with Crippen molar-refractivity contribution < 1.29 is 23.2 Å². The average Bonchev–Trinajstić information content (AvgIpc) is 2.73. The molecule has 0 amide bonds. The van der Waals surface area contributed by atoms with Crippen LogP contribution in [0.15, 0.2) is 11.3 Å². The van der Waals surface area contributed by atoms with Crippen molar-refractivity contribution in [3.63, 3.8) is 0 Å². The summed E-state index contributed by atoms with van der Waals surface area (Å²) in [6.45, 7) is 9.95. The van der Waals surface area contributed by atoms with Crippen molar-refractivity contribution in [3.05, 3.63) is 11.3 Å². The van der Waals surface area contributed by atoms with Gasteiger partial charge in [0.25, 0.3) is 0 Å². The Kier molecular flexibility index (Phi) is 6.13. The summed E-state index contributed by atoms with van der Waals surface area (Å²) in [5.74, 6) is 0.325. The molecule has 1 aliphatic heterocycles. The fraction of sp³-hybridized carbons (Fsp3) is 0.833. The van der Waals surface area contributed by atoms with E-state index in [1.807, 2.05) is 34.6 Å². The van der Waals surface area contributed by atoms with Crippen LogP contribution in [0.3, 0.4) is 0 Å². The molecule has 2 aliphatic rings.